The number of hydrogen-bond donors (Lipinski definition) is 0. The Kier molecular flexibility index (Phi) is 27.5. The van der Waals surface area contributed by atoms with E-state index >= 15 is 0 Å². The number of azide groups is 1. The first-order valence-electron chi connectivity index (χ1n) is 28.8. The second-order valence-electron chi connectivity index (χ2n) is 28.3. The van der Waals surface area contributed by atoms with Gasteiger partial charge >= 0.3 is 0 Å². The fraction of sp³-hybridized carbons (Fsp3) is 0.862. The third kappa shape index (κ3) is 20.9. The van der Waals surface area contributed by atoms with Crippen molar-refractivity contribution in [3.05, 3.63) is 52.0 Å². The number of rotatable bonds is 32. The Bertz CT molecular complexity index is 1850. The Labute approximate surface area is 460 Å². The molecule has 0 radical (unpaired) electrons. The Morgan fingerprint density at radius 3 is 1.53 bits per heavy atom. The van der Waals surface area contributed by atoms with Gasteiger partial charge in [0.2, 0.25) is 0 Å². The fourth-order valence-corrected chi connectivity index (χ4v) is 16.0. The SMILES string of the molecule is CCCCCCCCCCCCC/C(=C/[C@H](OCOC)[C@@H](CO[C@@H]1O[C@H](CO[Si](C)(C)C(C)(C)C)[C@@H](O[Si](C)(C)C(C)(C)C)[C@H](O[Si](C)(C)C(C)(C)C)[C@H]1O[Si](C)(C)C(C)(C)C)N=[N+]=[N-])[Si](C)(C)c1ccccc1. The van der Waals surface area contributed by atoms with Crippen molar-refractivity contribution in [3.63, 3.8) is 0 Å². The average molecular weight is 1120 g/mol. The maximum Gasteiger partial charge on any atom is 0.192 e. The Morgan fingerprint density at radius 1 is 0.635 bits per heavy atom. The van der Waals surface area contributed by atoms with E-state index in [1.165, 1.54) is 74.6 Å². The lowest BCUT2D eigenvalue weighted by atomic mass is 9.99. The van der Waals surface area contributed by atoms with Crippen molar-refractivity contribution in [1.82, 2.24) is 0 Å². The van der Waals surface area contributed by atoms with E-state index in [9.17, 15) is 5.53 Å². The molecule has 0 N–H and O–H groups in total. The number of hydrogen-bond acceptors (Lipinski definition) is 9. The van der Waals surface area contributed by atoms with Crippen LogP contribution in [0.1, 0.15) is 167 Å². The molecular formula is C58H115N3O8Si5. The molecule has 74 heavy (non-hydrogen) atoms. The summed E-state index contributed by atoms with van der Waals surface area (Å²) in [7, 11) is -10.4. The zero-order valence-electron chi connectivity index (χ0n) is 52.2. The highest BCUT2D eigenvalue weighted by Gasteiger charge is 2.57. The van der Waals surface area contributed by atoms with Crippen LogP contribution in [0.3, 0.4) is 0 Å². The molecule has 16 heteroatoms. The number of benzene rings is 1. The smallest absolute Gasteiger partial charge is 0.192 e. The lowest BCUT2D eigenvalue weighted by Gasteiger charge is -2.55. The number of methoxy groups -OCH3 is 1. The second kappa shape index (κ2) is 29.5. The first-order chi connectivity index (χ1) is 33.9. The molecular weight excluding hydrogens is 1010 g/mol. The van der Waals surface area contributed by atoms with Crippen molar-refractivity contribution in [2.24, 2.45) is 5.11 Å². The van der Waals surface area contributed by atoms with Crippen molar-refractivity contribution in [2.45, 2.75) is 296 Å². The maximum atomic E-state index is 10.4. The molecule has 0 spiro atoms. The van der Waals surface area contributed by atoms with Crippen molar-refractivity contribution in [3.8, 4) is 0 Å². The molecule has 0 aromatic heterocycles. The average Bonchev–Trinajstić information content (AvgIpc) is 3.27. The maximum absolute atomic E-state index is 10.4. The van der Waals surface area contributed by atoms with Gasteiger partial charge in [-0.2, -0.15) is 0 Å². The molecule has 1 aromatic carbocycles. The van der Waals surface area contributed by atoms with Gasteiger partial charge in [-0.3, -0.25) is 0 Å². The quantitative estimate of drug-likeness (QED) is 0.0175. The molecule has 0 aliphatic carbocycles. The molecule has 1 aromatic rings. The Morgan fingerprint density at radius 2 is 1.08 bits per heavy atom. The summed E-state index contributed by atoms with van der Waals surface area (Å²) in [6.07, 6.45) is 13.5. The van der Waals surface area contributed by atoms with Gasteiger partial charge in [0.25, 0.3) is 0 Å². The molecule has 0 saturated carbocycles. The largest absolute Gasteiger partial charge is 0.414 e. The van der Waals surface area contributed by atoms with Gasteiger partial charge in [-0.1, -0.05) is 219 Å². The van der Waals surface area contributed by atoms with Crippen LogP contribution in [0.4, 0.5) is 0 Å². The first-order valence-corrected chi connectivity index (χ1v) is 43.4. The monoisotopic (exact) mass is 1120 g/mol. The van der Waals surface area contributed by atoms with Crippen molar-refractivity contribution >= 4 is 46.5 Å². The van der Waals surface area contributed by atoms with E-state index in [1.54, 1.807) is 7.11 Å². The molecule has 11 nitrogen and oxygen atoms in total. The second-order valence-corrected chi connectivity index (χ2v) is 51.8. The number of unbranched alkanes of at least 4 members (excludes halogenated alkanes) is 10. The van der Waals surface area contributed by atoms with Crippen molar-refractivity contribution in [1.29, 1.82) is 0 Å². The molecule has 0 amide bonds. The predicted octanol–water partition coefficient (Wildman–Crippen LogP) is 17.4. The van der Waals surface area contributed by atoms with Gasteiger partial charge < -0.3 is 36.7 Å². The van der Waals surface area contributed by atoms with Crippen LogP contribution in [0, 0.1) is 0 Å². The van der Waals surface area contributed by atoms with E-state index in [0.29, 0.717) is 6.61 Å². The summed E-state index contributed by atoms with van der Waals surface area (Å²) in [5.41, 5.74) is 10.4. The molecule has 1 saturated heterocycles. The summed E-state index contributed by atoms with van der Waals surface area (Å²) in [4.78, 5) is 3.45. The summed E-state index contributed by atoms with van der Waals surface area (Å²) in [6, 6.07) is 10.1. The predicted molar refractivity (Wildman–Crippen MR) is 326 cm³/mol. The van der Waals surface area contributed by atoms with Gasteiger partial charge in [0, 0.05) is 12.0 Å². The van der Waals surface area contributed by atoms with Gasteiger partial charge in [-0.25, -0.2) is 0 Å². The van der Waals surface area contributed by atoms with E-state index in [-0.39, 0.29) is 33.6 Å². The van der Waals surface area contributed by atoms with Crippen LogP contribution in [-0.4, -0.2) is 111 Å². The minimum Gasteiger partial charge on any atom is -0.414 e. The lowest BCUT2D eigenvalue weighted by molar-refractivity contribution is -0.293. The molecule has 1 aliphatic rings. The van der Waals surface area contributed by atoms with Gasteiger partial charge in [-0.15, -0.1) is 0 Å². The van der Waals surface area contributed by atoms with E-state index in [1.807, 2.05) is 0 Å². The fourth-order valence-electron chi connectivity index (χ4n) is 8.30. The van der Waals surface area contributed by atoms with E-state index in [4.69, 9.17) is 36.7 Å². The molecule has 1 heterocycles. The normalized spacial score (nSPS) is 21.1. The van der Waals surface area contributed by atoms with Crippen LogP contribution in [0.15, 0.2) is 46.7 Å². The summed E-state index contributed by atoms with van der Waals surface area (Å²) >= 11 is 0. The number of ether oxygens (including phenoxy) is 4. The van der Waals surface area contributed by atoms with Crippen molar-refractivity contribution < 1.29 is 36.7 Å². The van der Waals surface area contributed by atoms with Crippen molar-refractivity contribution in [2.75, 3.05) is 27.1 Å². The van der Waals surface area contributed by atoms with Crippen LogP contribution >= 0.6 is 0 Å². The molecule has 1 aliphatic heterocycles. The van der Waals surface area contributed by atoms with Crippen LogP contribution in [0.25, 0.3) is 10.4 Å². The van der Waals surface area contributed by atoms with Gasteiger partial charge in [-0.05, 0) is 90.9 Å². The highest BCUT2D eigenvalue weighted by Crippen LogP contribution is 2.47. The van der Waals surface area contributed by atoms with Gasteiger partial charge in [0.1, 0.15) is 39.3 Å². The Hall–Kier alpha value is -0.966. The molecule has 0 bridgehead atoms. The highest BCUT2D eigenvalue weighted by atomic mass is 28.4. The standard InChI is InChI=1S/C58H115N3O8Si5/c1-25-26-27-28-29-30-31-32-33-34-36-41-47(70(15,16)46-39-37-35-38-40-46)42-49(64-45-62-14)48(60-61-59)43-63-54-53(69-74(23,24)58(11,12)13)52(68-73(21,22)57(8,9)10)51(67-72(19,20)56(5,6)7)50(66-54)44-65-71(17,18)55(2,3)4/h35,37-40,42,48-54H,25-34,36,41,43-45H2,1-24H3/b47-42-/t48-,49+,50-,51-,52+,53-,54-/m1/s1. The van der Waals surface area contributed by atoms with Gasteiger partial charge in [0.05, 0.1) is 25.4 Å². The molecule has 430 valence electrons. The van der Waals surface area contributed by atoms with Crippen LogP contribution in [0.2, 0.25) is 85.6 Å². The minimum atomic E-state index is -2.56. The molecule has 1 fully saturated rings. The Balaban J connectivity index is 2.85. The first kappa shape index (κ1) is 69.1. The van der Waals surface area contributed by atoms with E-state index < -0.39 is 84.2 Å². The molecule has 7 atom stereocenters. The van der Waals surface area contributed by atoms with Crippen LogP contribution in [-0.2, 0) is 36.7 Å². The summed E-state index contributed by atoms with van der Waals surface area (Å²) in [6.45, 7) is 53.1. The number of allylic oxidation sites excluding steroid dienone is 1. The summed E-state index contributed by atoms with van der Waals surface area (Å²) < 4.78 is 56.8. The highest BCUT2D eigenvalue weighted by molar-refractivity contribution is 6.95. The topological polar surface area (TPSA) is 123 Å². The lowest BCUT2D eigenvalue weighted by Crippen LogP contribution is -2.68. The minimum absolute atomic E-state index is 0.00635. The summed E-state index contributed by atoms with van der Waals surface area (Å²) in [5, 5.41) is 6.80. The van der Waals surface area contributed by atoms with Gasteiger partial charge in [0.15, 0.2) is 39.6 Å². The summed E-state index contributed by atoms with van der Waals surface area (Å²) in [5.74, 6) is 0. The van der Waals surface area contributed by atoms with E-state index in [0.717, 1.165) is 12.8 Å². The van der Waals surface area contributed by atoms with E-state index in [2.05, 4.69) is 202 Å². The third-order valence-corrected chi connectivity index (χ3v) is 39.5. The zero-order chi connectivity index (χ0) is 56.6. The zero-order valence-corrected chi connectivity index (χ0v) is 57.2. The van der Waals surface area contributed by atoms with Crippen LogP contribution < -0.4 is 5.19 Å². The molecule has 2 rings (SSSR count). The van der Waals surface area contributed by atoms with Crippen LogP contribution in [0.5, 0.6) is 0 Å². The third-order valence-electron chi connectivity index (χ3n) is 17.8. The number of nitrogens with zero attached hydrogens (tertiary/aromatic N) is 3. The molecule has 0 unspecified atom stereocenters.